The van der Waals surface area contributed by atoms with Gasteiger partial charge in [0.15, 0.2) is 6.61 Å². The largest absolute Gasteiger partial charge is 0.494 e. The van der Waals surface area contributed by atoms with Gasteiger partial charge in [0, 0.05) is 17.9 Å². The van der Waals surface area contributed by atoms with Gasteiger partial charge in [0.2, 0.25) is 0 Å². The molecule has 0 saturated heterocycles. The van der Waals surface area contributed by atoms with Crippen molar-refractivity contribution in [2.24, 2.45) is 0 Å². The van der Waals surface area contributed by atoms with Crippen LogP contribution in [0.25, 0.3) is 0 Å². The van der Waals surface area contributed by atoms with E-state index in [-0.39, 0.29) is 18.5 Å². The lowest BCUT2D eigenvalue weighted by Crippen LogP contribution is -2.35. The summed E-state index contributed by atoms with van der Waals surface area (Å²) in [5, 5.41) is 11.5. The van der Waals surface area contributed by atoms with Crippen LogP contribution in [0.4, 0.5) is 16.2 Å². The van der Waals surface area contributed by atoms with E-state index >= 15 is 0 Å². The number of amides is 2. The van der Waals surface area contributed by atoms with E-state index in [1.165, 1.54) is 17.0 Å². The molecule has 0 spiro atoms. The summed E-state index contributed by atoms with van der Waals surface area (Å²) in [7, 11) is 0. The first kappa shape index (κ1) is 26.2. The van der Waals surface area contributed by atoms with E-state index in [9.17, 15) is 14.4 Å². The highest BCUT2D eigenvalue weighted by molar-refractivity contribution is 5.98. The number of rotatable bonds is 9. The van der Waals surface area contributed by atoms with Gasteiger partial charge in [0.1, 0.15) is 11.4 Å². The number of anilines is 2. The normalized spacial score (nSPS) is 10.6. The van der Waals surface area contributed by atoms with Gasteiger partial charge >= 0.3 is 12.1 Å². The minimum absolute atomic E-state index is 0.116. The van der Waals surface area contributed by atoms with Gasteiger partial charge in [0.05, 0.1) is 24.7 Å². The van der Waals surface area contributed by atoms with Gasteiger partial charge in [0.25, 0.3) is 5.91 Å². The molecule has 2 rings (SSSR count). The van der Waals surface area contributed by atoms with Crippen LogP contribution in [-0.4, -0.2) is 43.3 Å². The fourth-order valence-electron chi connectivity index (χ4n) is 2.88. The van der Waals surface area contributed by atoms with Crippen LogP contribution in [0.5, 0.6) is 5.75 Å². The van der Waals surface area contributed by atoms with E-state index in [4.69, 9.17) is 19.5 Å². The predicted octanol–water partition coefficient (Wildman–Crippen LogP) is 4.54. The van der Waals surface area contributed by atoms with Gasteiger partial charge in [-0.1, -0.05) is 6.07 Å². The first-order valence-electron chi connectivity index (χ1n) is 10.8. The predicted molar refractivity (Wildman–Crippen MR) is 127 cm³/mol. The van der Waals surface area contributed by atoms with Gasteiger partial charge in [-0.3, -0.25) is 10.1 Å². The molecular formula is C25H29N3O6. The molecule has 9 nitrogen and oxygen atoms in total. The fraction of sp³-hybridized carbons (Fsp3) is 0.360. The molecule has 180 valence electrons. The van der Waals surface area contributed by atoms with Crippen LogP contribution in [0.1, 0.15) is 44.5 Å². The lowest BCUT2D eigenvalue weighted by Gasteiger charge is -2.22. The second-order valence-electron chi connectivity index (χ2n) is 8.16. The monoisotopic (exact) mass is 467 g/mol. The van der Waals surface area contributed by atoms with Gasteiger partial charge < -0.3 is 19.1 Å². The molecular weight excluding hydrogens is 438 g/mol. The van der Waals surface area contributed by atoms with Crippen LogP contribution in [0.15, 0.2) is 48.5 Å². The molecule has 2 aromatic carbocycles. The number of ether oxygens (including phenoxy) is 3. The van der Waals surface area contributed by atoms with E-state index in [1.54, 1.807) is 57.2 Å². The van der Waals surface area contributed by atoms with Gasteiger partial charge in [-0.05, 0) is 70.2 Å². The maximum atomic E-state index is 12.8. The third-order valence-electron chi connectivity index (χ3n) is 4.28. The summed E-state index contributed by atoms with van der Waals surface area (Å²) >= 11 is 0. The van der Waals surface area contributed by atoms with E-state index in [1.807, 2.05) is 13.0 Å². The standard InChI is InChI=1S/C25H29N3O6/c1-5-32-21-12-10-20(11-13-21)28(15-7-14-26)22(29)17-33-23(30)18-8-6-9-19(16-18)27-24(31)34-25(2,3)4/h6,8-13,16H,5,7,15,17H2,1-4H3,(H,27,31). The number of nitrogens with zero attached hydrogens (tertiary/aromatic N) is 2. The van der Waals surface area contributed by atoms with Crippen molar-refractivity contribution in [1.29, 1.82) is 5.26 Å². The van der Waals surface area contributed by atoms with Crippen LogP contribution in [0, 0.1) is 11.3 Å². The Morgan fingerprint density at radius 2 is 1.79 bits per heavy atom. The molecule has 2 amide bonds. The number of benzene rings is 2. The highest BCUT2D eigenvalue weighted by Crippen LogP contribution is 2.20. The summed E-state index contributed by atoms with van der Waals surface area (Å²) in [6.45, 7) is 7.24. The Bertz CT molecular complexity index is 1040. The topological polar surface area (TPSA) is 118 Å². The number of carbonyl (C=O) groups is 3. The molecule has 0 bridgehead atoms. The smallest absolute Gasteiger partial charge is 0.412 e. The molecule has 0 unspecified atom stereocenters. The van der Waals surface area contributed by atoms with Crippen molar-refractivity contribution >= 4 is 29.3 Å². The summed E-state index contributed by atoms with van der Waals surface area (Å²) in [4.78, 5) is 38.6. The van der Waals surface area contributed by atoms with Crippen molar-refractivity contribution in [3.63, 3.8) is 0 Å². The highest BCUT2D eigenvalue weighted by atomic mass is 16.6. The van der Waals surface area contributed by atoms with Gasteiger partial charge in [-0.15, -0.1) is 0 Å². The van der Waals surface area contributed by atoms with Crippen molar-refractivity contribution in [2.45, 2.75) is 39.7 Å². The second kappa shape index (κ2) is 12.3. The molecule has 34 heavy (non-hydrogen) atoms. The fourth-order valence-corrected chi connectivity index (χ4v) is 2.88. The molecule has 0 aromatic heterocycles. The molecule has 0 fully saturated rings. The summed E-state index contributed by atoms with van der Waals surface area (Å²) < 4.78 is 15.8. The third kappa shape index (κ3) is 8.47. The first-order valence-corrected chi connectivity index (χ1v) is 10.8. The van der Waals surface area contributed by atoms with E-state index in [2.05, 4.69) is 5.32 Å². The zero-order chi connectivity index (χ0) is 25.1. The van der Waals surface area contributed by atoms with Crippen LogP contribution >= 0.6 is 0 Å². The van der Waals surface area contributed by atoms with Gasteiger partial charge in [-0.25, -0.2) is 9.59 Å². The maximum absolute atomic E-state index is 12.8. The lowest BCUT2D eigenvalue weighted by molar-refractivity contribution is -0.121. The van der Waals surface area contributed by atoms with Crippen molar-refractivity contribution < 1.29 is 28.6 Å². The molecule has 0 aliphatic heterocycles. The Kier molecular flexibility index (Phi) is 9.44. The molecule has 0 aliphatic rings. The summed E-state index contributed by atoms with van der Waals surface area (Å²) in [6.07, 6.45) is -0.540. The van der Waals surface area contributed by atoms with Crippen molar-refractivity contribution in [3.8, 4) is 11.8 Å². The molecule has 0 heterocycles. The summed E-state index contributed by atoms with van der Waals surface area (Å²) in [5.41, 5.74) is 0.399. The molecule has 1 N–H and O–H groups in total. The molecule has 2 aromatic rings. The minimum atomic E-state index is -0.729. The Hall–Kier alpha value is -4.06. The Balaban J connectivity index is 2.03. The van der Waals surface area contributed by atoms with E-state index in [0.717, 1.165) is 0 Å². The average molecular weight is 468 g/mol. The zero-order valence-corrected chi connectivity index (χ0v) is 19.8. The van der Waals surface area contributed by atoms with Crippen LogP contribution in [-0.2, 0) is 14.3 Å². The van der Waals surface area contributed by atoms with Crippen LogP contribution in [0.3, 0.4) is 0 Å². The Morgan fingerprint density at radius 1 is 1.09 bits per heavy atom. The molecule has 9 heteroatoms. The highest BCUT2D eigenvalue weighted by Gasteiger charge is 2.20. The van der Waals surface area contributed by atoms with Crippen molar-refractivity contribution in [2.75, 3.05) is 30.0 Å². The lowest BCUT2D eigenvalue weighted by atomic mass is 10.2. The second-order valence-corrected chi connectivity index (χ2v) is 8.16. The maximum Gasteiger partial charge on any atom is 0.412 e. The number of esters is 1. The first-order chi connectivity index (χ1) is 16.1. The number of nitrogens with one attached hydrogen (secondary N) is 1. The van der Waals surface area contributed by atoms with Crippen molar-refractivity contribution in [1.82, 2.24) is 0 Å². The summed E-state index contributed by atoms with van der Waals surface area (Å²) in [5.74, 6) is -0.547. The summed E-state index contributed by atoms with van der Waals surface area (Å²) in [6, 6.07) is 15.0. The van der Waals surface area contributed by atoms with Crippen LogP contribution < -0.4 is 15.0 Å². The minimum Gasteiger partial charge on any atom is -0.494 e. The molecule has 0 radical (unpaired) electrons. The Morgan fingerprint density at radius 3 is 2.41 bits per heavy atom. The quantitative estimate of drug-likeness (QED) is 0.538. The van der Waals surface area contributed by atoms with E-state index < -0.39 is 30.2 Å². The molecule has 0 aliphatic carbocycles. The Labute approximate surface area is 199 Å². The average Bonchev–Trinajstić information content (AvgIpc) is 2.77. The third-order valence-corrected chi connectivity index (χ3v) is 4.28. The molecule has 0 saturated carbocycles. The van der Waals surface area contributed by atoms with E-state index in [0.29, 0.717) is 23.7 Å². The van der Waals surface area contributed by atoms with Crippen molar-refractivity contribution in [3.05, 3.63) is 54.1 Å². The zero-order valence-electron chi connectivity index (χ0n) is 19.8. The van der Waals surface area contributed by atoms with Crippen LogP contribution in [0.2, 0.25) is 0 Å². The number of carbonyl (C=O) groups excluding carboxylic acids is 3. The number of hydrogen-bond acceptors (Lipinski definition) is 7. The van der Waals surface area contributed by atoms with Gasteiger partial charge in [-0.2, -0.15) is 5.26 Å². The number of nitriles is 1. The SMILES string of the molecule is CCOc1ccc(N(CCC#N)C(=O)COC(=O)c2cccc(NC(=O)OC(C)(C)C)c2)cc1. The number of hydrogen-bond donors (Lipinski definition) is 1. The molecule has 0 atom stereocenters.